The highest BCUT2D eigenvalue weighted by atomic mass is 32.2. The third kappa shape index (κ3) is 28.6. The maximum absolute atomic E-state index is 13.0. The Kier molecular flexibility index (Phi) is 38.4. The van der Waals surface area contributed by atoms with Gasteiger partial charge in [0.15, 0.2) is 0 Å². The number of thioether (sulfide) groups is 4. The first-order chi connectivity index (χ1) is 69.2. The molecule has 38 heteroatoms. The van der Waals surface area contributed by atoms with Crippen molar-refractivity contribution in [3.05, 3.63) is 334 Å². The van der Waals surface area contributed by atoms with Crippen LogP contribution in [0.4, 0.5) is 0 Å². The van der Waals surface area contributed by atoms with E-state index in [1.165, 1.54) is 19.6 Å². The maximum Gasteiger partial charge on any atom is 0.305 e. The zero-order chi connectivity index (χ0) is 103. The molecule has 0 saturated carbocycles. The number of amides is 4. The van der Waals surface area contributed by atoms with E-state index in [1.54, 1.807) is 67.3 Å². The van der Waals surface area contributed by atoms with E-state index in [1.807, 2.05) is 247 Å². The molecule has 30 nitrogen and oxygen atoms in total. The quantitative estimate of drug-likeness (QED) is 0.0138. The van der Waals surface area contributed by atoms with Gasteiger partial charge in [-0.1, -0.05) is 219 Å². The van der Waals surface area contributed by atoms with Gasteiger partial charge in [-0.2, -0.15) is 20.4 Å². The number of carbonyl (C=O) groups is 9. The van der Waals surface area contributed by atoms with Gasteiger partial charge >= 0.3 is 23.9 Å². The van der Waals surface area contributed by atoms with Crippen molar-refractivity contribution in [2.45, 2.75) is 60.3 Å². The van der Waals surface area contributed by atoms with Crippen molar-refractivity contribution < 1.29 is 87.6 Å². The first-order valence-corrected chi connectivity index (χ1v) is 49.2. The van der Waals surface area contributed by atoms with E-state index in [0.717, 1.165) is 166 Å². The zero-order valence-electron chi connectivity index (χ0n) is 78.4. The molecule has 12 aromatic rings. The third-order valence-electron chi connectivity index (χ3n) is 21.2. The first-order valence-electron chi connectivity index (χ1n) is 44.3. The molecule has 736 valence electrons. The zero-order valence-corrected chi connectivity index (χ0v) is 84.9. The Morgan fingerprint density at radius 1 is 0.319 bits per heavy atom. The summed E-state index contributed by atoms with van der Waals surface area (Å²) in [5, 5.41) is 62.7. The second-order valence-electron chi connectivity index (χ2n) is 31.6. The number of hydrogen-bond acceptors (Lipinski definition) is 25. The van der Waals surface area contributed by atoms with Gasteiger partial charge in [0.2, 0.25) is 0 Å². The van der Waals surface area contributed by atoms with Crippen LogP contribution in [-0.4, -0.2) is 208 Å². The molecular weight excluding hydrogens is 1990 g/mol. The molecule has 4 amide bonds. The molecule has 16 rings (SSSR count). The monoisotopic (exact) mass is 2080 g/mol. The number of benzene rings is 8. The van der Waals surface area contributed by atoms with Crippen molar-refractivity contribution >= 4 is 191 Å². The Bertz CT molecular complexity index is 6270. The standard InChI is InChI=1S/4C26H23N3O4S2.C2H4O2/c4*1-3-13-33-20-9-10-21(17(2)14-20)24-18(16-29(27-24)19-7-5-4-6-8-19)15-22-25(32)28(26(34)35-22)12-11-23(30)31;1-2(3)4/h4*3-10,14-16H,1,11-13H2,2H3,(H,30,31);1H3,(H,3,4)/b4*22-15-;. The van der Waals surface area contributed by atoms with Gasteiger partial charge in [0, 0.05) is 102 Å². The third-order valence-corrected chi connectivity index (χ3v) is 26.7. The van der Waals surface area contributed by atoms with Gasteiger partial charge in [-0.3, -0.25) is 62.8 Å². The van der Waals surface area contributed by atoms with Crippen LogP contribution in [0.1, 0.15) is 77.1 Å². The Morgan fingerprint density at radius 3 is 0.674 bits per heavy atom. The molecule has 4 fully saturated rings. The van der Waals surface area contributed by atoms with E-state index >= 15 is 0 Å². The number of carboxylic acids is 5. The Labute approximate surface area is 868 Å². The lowest BCUT2D eigenvalue weighted by Crippen LogP contribution is -2.30. The highest BCUT2D eigenvalue weighted by Gasteiger charge is 2.38. The lowest BCUT2D eigenvalue weighted by molar-refractivity contribution is -0.138. The summed E-state index contributed by atoms with van der Waals surface area (Å²) in [5.41, 5.74) is 16.8. The molecule has 8 heterocycles. The summed E-state index contributed by atoms with van der Waals surface area (Å²) in [6.07, 6.45) is 20.6. The molecule has 0 radical (unpaired) electrons. The molecule has 144 heavy (non-hydrogen) atoms. The molecule has 0 atom stereocenters. The number of rotatable bonds is 36. The molecule has 5 N–H and O–H groups in total. The van der Waals surface area contributed by atoms with E-state index < -0.39 is 29.8 Å². The number of nitrogens with zero attached hydrogens (tertiary/aromatic N) is 12. The van der Waals surface area contributed by atoms with E-state index in [4.69, 9.17) is 119 Å². The minimum Gasteiger partial charge on any atom is -0.490 e. The van der Waals surface area contributed by atoms with Crippen LogP contribution in [0.25, 0.3) is 92.1 Å². The fourth-order valence-electron chi connectivity index (χ4n) is 14.4. The second kappa shape index (κ2) is 51.4. The van der Waals surface area contributed by atoms with Gasteiger partial charge in [-0.15, -0.1) is 0 Å². The molecule has 0 unspecified atom stereocenters. The lowest BCUT2D eigenvalue weighted by Gasteiger charge is -2.12. The summed E-state index contributed by atoms with van der Waals surface area (Å²) < 4.78 is 31.1. The van der Waals surface area contributed by atoms with Crippen molar-refractivity contribution in [1.82, 2.24) is 58.7 Å². The number of ether oxygens (including phenoxy) is 4. The number of carbonyl (C=O) groups excluding carboxylic acids is 4. The fourth-order valence-corrected chi connectivity index (χ4v) is 19.6. The average Bonchev–Trinajstić information content (AvgIpc) is 1.65. The number of aryl methyl sites for hydroxylation is 4. The summed E-state index contributed by atoms with van der Waals surface area (Å²) >= 11 is 26.0. The van der Waals surface area contributed by atoms with Gasteiger partial charge in [0.1, 0.15) is 89.5 Å². The Hall–Kier alpha value is -15.3. The minimum absolute atomic E-state index is 0.0404. The lowest BCUT2D eigenvalue weighted by atomic mass is 10.0. The van der Waals surface area contributed by atoms with Crippen LogP contribution >= 0.6 is 95.9 Å². The fraction of sp³-hybridized carbons (Fsp3) is 0.160. The molecule has 4 saturated heterocycles. The SMILES string of the molecule is C=CCOc1ccc(-c2nn(-c3ccccc3)cc2/C=C2\SC(=S)N(CCC(=O)O)C2=O)c(C)c1.C=CCOc1ccc(-c2nn(-c3ccccc3)cc2/C=C2\SC(=S)N(CCC(=O)O)C2=O)c(C)c1.C=CCOc1ccc(-c2nn(-c3ccccc3)cc2/C=C2\SC(=S)N(CCC(=O)O)C2=O)c(C)c1.C=CCOc1ccc(-c2nn(-c3ccccc3)cc2/C=C2\SC(=S)N(CCC(=O)O)C2=O)c(C)c1.CC(=O)O. The number of carboxylic acid groups (broad SMARTS) is 5. The maximum atomic E-state index is 13.0. The van der Waals surface area contributed by atoms with Gasteiger partial charge < -0.3 is 44.5 Å². The van der Waals surface area contributed by atoms with E-state index in [0.29, 0.717) is 86.1 Å². The van der Waals surface area contributed by atoms with Gasteiger partial charge in [0.05, 0.1) is 68.1 Å². The van der Waals surface area contributed by atoms with Crippen LogP contribution in [0.2, 0.25) is 0 Å². The van der Waals surface area contributed by atoms with Crippen LogP contribution in [0.5, 0.6) is 23.0 Å². The van der Waals surface area contributed by atoms with Gasteiger partial charge in [-0.05, 0) is 196 Å². The Morgan fingerprint density at radius 2 is 0.507 bits per heavy atom. The summed E-state index contributed by atoms with van der Waals surface area (Å²) in [7, 11) is 0. The molecule has 0 spiro atoms. The van der Waals surface area contributed by atoms with Crippen LogP contribution in [-0.2, 0) is 43.2 Å². The number of thiocarbonyl (C=S) groups is 4. The number of para-hydroxylation sites is 4. The van der Waals surface area contributed by atoms with Crippen LogP contribution in [0.3, 0.4) is 0 Å². The Balaban J connectivity index is 0.000000169. The predicted octanol–water partition coefficient (Wildman–Crippen LogP) is 20.4. The molecule has 0 aliphatic carbocycles. The first kappa shape index (κ1) is 108. The van der Waals surface area contributed by atoms with Crippen LogP contribution in [0.15, 0.2) is 289 Å². The molecule has 4 aliphatic heterocycles. The molecule has 0 bridgehead atoms. The number of aromatic nitrogens is 8. The molecule has 4 aromatic heterocycles. The highest BCUT2D eigenvalue weighted by molar-refractivity contribution is 8.28. The second-order valence-corrected chi connectivity index (χ2v) is 38.3. The summed E-state index contributed by atoms with van der Waals surface area (Å²) in [4.78, 5) is 112. The minimum atomic E-state index is -0.981. The highest BCUT2D eigenvalue weighted by Crippen LogP contribution is 2.43. The van der Waals surface area contributed by atoms with E-state index in [9.17, 15) is 38.4 Å². The average molecular weight is 2080 g/mol. The van der Waals surface area contributed by atoms with Crippen molar-refractivity contribution in [3.8, 4) is 90.8 Å². The summed E-state index contributed by atoms with van der Waals surface area (Å²) in [6, 6.07) is 61.8. The summed E-state index contributed by atoms with van der Waals surface area (Å²) in [6.45, 7) is 25.5. The smallest absolute Gasteiger partial charge is 0.305 e. The number of aliphatic carboxylic acids is 5. The van der Waals surface area contributed by atoms with Crippen molar-refractivity contribution in [2.75, 3.05) is 52.6 Å². The van der Waals surface area contributed by atoms with Gasteiger partial charge in [-0.25, -0.2) is 18.7 Å². The van der Waals surface area contributed by atoms with E-state index in [-0.39, 0.29) is 75.5 Å². The van der Waals surface area contributed by atoms with Crippen LogP contribution < -0.4 is 18.9 Å². The van der Waals surface area contributed by atoms with E-state index in [2.05, 4.69) is 26.3 Å². The predicted molar refractivity (Wildman–Crippen MR) is 580 cm³/mol. The van der Waals surface area contributed by atoms with Crippen LogP contribution in [0, 0.1) is 27.7 Å². The molecule has 8 aromatic carbocycles. The van der Waals surface area contributed by atoms with Crippen molar-refractivity contribution in [3.63, 3.8) is 0 Å². The topological polar surface area (TPSA) is 376 Å². The van der Waals surface area contributed by atoms with Crippen molar-refractivity contribution in [1.29, 1.82) is 0 Å². The molecular formula is C106H96N12O18S8. The van der Waals surface area contributed by atoms with Gasteiger partial charge in [0.25, 0.3) is 29.6 Å². The summed E-state index contributed by atoms with van der Waals surface area (Å²) in [5.74, 6) is -3.04. The largest absolute Gasteiger partial charge is 0.490 e. The van der Waals surface area contributed by atoms with Crippen molar-refractivity contribution in [2.24, 2.45) is 0 Å². The normalized spacial score (nSPS) is 14.3. The molecule has 4 aliphatic rings. The number of hydrogen-bond donors (Lipinski definition) is 5.